The molecule has 0 aromatic heterocycles. The van der Waals surface area contributed by atoms with Crippen LogP contribution < -0.4 is 5.73 Å². The number of ketones is 1. The fourth-order valence-electron chi connectivity index (χ4n) is 1.86. The fourth-order valence-corrected chi connectivity index (χ4v) is 1.86. The number of likely N-dealkylation sites (tertiary alicyclic amines) is 1. The van der Waals surface area contributed by atoms with Crippen LogP contribution in [0.4, 0.5) is 0 Å². The molecule has 3 atom stereocenters. The van der Waals surface area contributed by atoms with Crippen LogP contribution in [-0.2, 0) is 14.4 Å². The number of aliphatic hydroxyl groups excluding tert-OH is 1. The molecular weight excluding hydrogens is 216 g/mol. The van der Waals surface area contributed by atoms with Crippen LogP contribution in [0.15, 0.2) is 0 Å². The number of rotatable bonds is 3. The largest absolute Gasteiger partial charge is 0.481 e. The van der Waals surface area contributed by atoms with E-state index >= 15 is 0 Å². The number of hydrogen-bond acceptors (Lipinski definition) is 5. The van der Waals surface area contributed by atoms with E-state index < -0.39 is 35.7 Å². The Morgan fingerprint density at radius 2 is 2.12 bits per heavy atom. The van der Waals surface area contributed by atoms with E-state index in [1.165, 1.54) is 4.90 Å². The van der Waals surface area contributed by atoms with Gasteiger partial charge >= 0.3 is 5.97 Å². The Kier molecular flexibility index (Phi) is 3.61. The van der Waals surface area contributed by atoms with Gasteiger partial charge in [0, 0.05) is 6.54 Å². The van der Waals surface area contributed by atoms with E-state index in [9.17, 15) is 19.5 Å². The van der Waals surface area contributed by atoms with Crippen LogP contribution in [0.25, 0.3) is 0 Å². The number of nitrogens with zero attached hydrogens (tertiary/aromatic N) is 1. The molecule has 0 radical (unpaired) electrons. The molecule has 1 aliphatic heterocycles. The predicted molar refractivity (Wildman–Crippen MR) is 52.4 cm³/mol. The molecule has 0 bridgehead atoms. The van der Waals surface area contributed by atoms with Crippen LogP contribution in [0.1, 0.15) is 6.92 Å². The first-order valence-electron chi connectivity index (χ1n) is 4.88. The van der Waals surface area contributed by atoms with Crippen molar-refractivity contribution in [2.75, 3.05) is 13.1 Å². The van der Waals surface area contributed by atoms with Gasteiger partial charge in [-0.3, -0.25) is 19.3 Å². The highest BCUT2D eigenvalue weighted by atomic mass is 16.4. The predicted octanol–water partition coefficient (Wildman–Crippen LogP) is -2.19. The molecule has 0 spiro atoms. The van der Waals surface area contributed by atoms with Crippen molar-refractivity contribution in [2.24, 2.45) is 11.7 Å². The summed E-state index contributed by atoms with van der Waals surface area (Å²) in [5, 5.41) is 18.4. The summed E-state index contributed by atoms with van der Waals surface area (Å²) in [5.74, 6) is -4.29. The summed E-state index contributed by atoms with van der Waals surface area (Å²) >= 11 is 0. The van der Waals surface area contributed by atoms with E-state index in [1.54, 1.807) is 6.92 Å². The quantitative estimate of drug-likeness (QED) is 0.473. The third-order valence-electron chi connectivity index (χ3n) is 2.74. The van der Waals surface area contributed by atoms with Crippen molar-refractivity contribution in [1.82, 2.24) is 4.90 Å². The number of hydrogen-bond donors (Lipinski definition) is 3. The smallest absolute Gasteiger partial charge is 0.315 e. The Morgan fingerprint density at radius 3 is 2.50 bits per heavy atom. The zero-order valence-corrected chi connectivity index (χ0v) is 8.79. The van der Waals surface area contributed by atoms with E-state index in [0.29, 0.717) is 6.54 Å². The second-order valence-electron chi connectivity index (χ2n) is 3.67. The number of nitrogens with two attached hydrogens (primary N) is 1. The number of aliphatic carboxylic acids is 1. The van der Waals surface area contributed by atoms with Crippen LogP contribution in [0.2, 0.25) is 0 Å². The Morgan fingerprint density at radius 1 is 1.56 bits per heavy atom. The molecule has 7 heteroatoms. The van der Waals surface area contributed by atoms with Crippen molar-refractivity contribution >= 4 is 17.7 Å². The highest BCUT2D eigenvalue weighted by Gasteiger charge is 2.46. The summed E-state index contributed by atoms with van der Waals surface area (Å²) in [5.41, 5.74) is 5.07. The van der Waals surface area contributed by atoms with Crippen molar-refractivity contribution in [3.8, 4) is 0 Å². The van der Waals surface area contributed by atoms with Gasteiger partial charge in [0.15, 0.2) is 5.78 Å². The van der Waals surface area contributed by atoms with E-state index in [4.69, 9.17) is 10.8 Å². The number of likely N-dealkylation sites (N-methyl/N-ethyl adjacent to an activating group) is 1. The summed E-state index contributed by atoms with van der Waals surface area (Å²) < 4.78 is 0. The van der Waals surface area contributed by atoms with Gasteiger partial charge in [0.1, 0.15) is 18.1 Å². The Hall–Kier alpha value is -1.47. The minimum absolute atomic E-state index is 0.102. The van der Waals surface area contributed by atoms with Gasteiger partial charge in [0.05, 0.1) is 0 Å². The van der Waals surface area contributed by atoms with Gasteiger partial charge < -0.3 is 15.9 Å². The molecule has 1 saturated heterocycles. The van der Waals surface area contributed by atoms with Crippen molar-refractivity contribution in [3.05, 3.63) is 0 Å². The molecule has 0 aromatic rings. The monoisotopic (exact) mass is 230 g/mol. The molecule has 4 N–H and O–H groups in total. The Balaban J connectivity index is 2.98. The third kappa shape index (κ3) is 2.05. The van der Waals surface area contributed by atoms with Crippen molar-refractivity contribution in [3.63, 3.8) is 0 Å². The van der Waals surface area contributed by atoms with Gasteiger partial charge in [0.25, 0.3) is 0 Å². The van der Waals surface area contributed by atoms with Gasteiger partial charge in [-0.2, -0.15) is 0 Å². The minimum Gasteiger partial charge on any atom is -0.481 e. The second kappa shape index (κ2) is 4.58. The van der Waals surface area contributed by atoms with Gasteiger partial charge in [0.2, 0.25) is 5.91 Å². The molecule has 1 aliphatic rings. The van der Waals surface area contributed by atoms with Crippen LogP contribution in [0.5, 0.6) is 0 Å². The SMILES string of the molecule is CCN1CC(C(=O)O)C(=O)C(O)C1C(N)=O. The van der Waals surface area contributed by atoms with Crippen LogP contribution in [0, 0.1) is 5.92 Å². The lowest BCUT2D eigenvalue weighted by atomic mass is 9.88. The number of amides is 1. The molecule has 0 aliphatic carbocycles. The summed E-state index contributed by atoms with van der Waals surface area (Å²) in [6.07, 6.45) is -1.66. The molecule has 1 fully saturated rings. The van der Waals surface area contributed by atoms with Crippen molar-refractivity contribution < 1.29 is 24.6 Å². The zero-order chi connectivity index (χ0) is 12.5. The van der Waals surface area contributed by atoms with E-state index in [1.807, 2.05) is 0 Å². The van der Waals surface area contributed by atoms with Crippen molar-refractivity contribution in [2.45, 2.75) is 19.1 Å². The zero-order valence-electron chi connectivity index (χ0n) is 8.79. The van der Waals surface area contributed by atoms with Crippen LogP contribution >= 0.6 is 0 Å². The molecule has 16 heavy (non-hydrogen) atoms. The molecular formula is C9H14N2O5. The maximum absolute atomic E-state index is 11.5. The number of Topliss-reactive ketones (excluding diaryl/α,β-unsaturated/α-hetero) is 1. The van der Waals surface area contributed by atoms with Crippen LogP contribution in [-0.4, -0.2) is 58.0 Å². The summed E-state index contributed by atoms with van der Waals surface area (Å²) in [7, 11) is 0. The molecule has 1 heterocycles. The molecule has 7 nitrogen and oxygen atoms in total. The van der Waals surface area contributed by atoms with Crippen molar-refractivity contribution in [1.29, 1.82) is 0 Å². The average molecular weight is 230 g/mol. The number of carbonyl (C=O) groups is 3. The molecule has 0 aromatic carbocycles. The van der Waals surface area contributed by atoms with Gasteiger partial charge in [-0.15, -0.1) is 0 Å². The number of piperidine rings is 1. The number of aliphatic hydroxyl groups is 1. The average Bonchev–Trinajstić information content (AvgIpc) is 2.20. The summed E-state index contributed by atoms with van der Waals surface area (Å²) in [6, 6.07) is -1.13. The molecule has 0 saturated carbocycles. The third-order valence-corrected chi connectivity index (χ3v) is 2.74. The van der Waals surface area contributed by atoms with E-state index in [-0.39, 0.29) is 6.54 Å². The lowest BCUT2D eigenvalue weighted by Gasteiger charge is -2.37. The number of carboxylic acid groups (broad SMARTS) is 1. The minimum atomic E-state index is -1.66. The fraction of sp³-hybridized carbons (Fsp3) is 0.667. The summed E-state index contributed by atoms with van der Waals surface area (Å²) in [6.45, 7) is 1.93. The highest BCUT2D eigenvalue weighted by Crippen LogP contribution is 2.19. The molecule has 90 valence electrons. The molecule has 1 rings (SSSR count). The second-order valence-corrected chi connectivity index (χ2v) is 3.67. The summed E-state index contributed by atoms with van der Waals surface area (Å²) in [4.78, 5) is 34.7. The number of carbonyl (C=O) groups excluding carboxylic acids is 2. The topological polar surface area (TPSA) is 121 Å². The lowest BCUT2D eigenvalue weighted by molar-refractivity contribution is -0.160. The normalized spacial score (nSPS) is 31.4. The van der Waals surface area contributed by atoms with Gasteiger partial charge in [-0.05, 0) is 6.54 Å². The number of primary amides is 1. The first kappa shape index (κ1) is 12.6. The number of carboxylic acids is 1. The Bertz CT molecular complexity index is 330. The maximum Gasteiger partial charge on any atom is 0.315 e. The molecule has 1 amide bonds. The van der Waals surface area contributed by atoms with Gasteiger partial charge in [-0.1, -0.05) is 6.92 Å². The van der Waals surface area contributed by atoms with Crippen LogP contribution in [0.3, 0.4) is 0 Å². The maximum atomic E-state index is 11.5. The molecule has 3 unspecified atom stereocenters. The lowest BCUT2D eigenvalue weighted by Crippen LogP contribution is -2.62. The van der Waals surface area contributed by atoms with E-state index in [2.05, 4.69) is 0 Å². The first-order chi connectivity index (χ1) is 7.40. The van der Waals surface area contributed by atoms with E-state index in [0.717, 1.165) is 0 Å². The van der Waals surface area contributed by atoms with Gasteiger partial charge in [-0.25, -0.2) is 0 Å². The highest BCUT2D eigenvalue weighted by molar-refractivity contribution is 6.04. The Labute approximate surface area is 91.8 Å². The first-order valence-corrected chi connectivity index (χ1v) is 4.88. The standard InChI is InChI=1S/C9H14N2O5/c1-2-11-3-4(9(15)16)6(12)7(13)5(11)8(10)14/h4-5,7,13H,2-3H2,1H3,(H2,10,14)(H,15,16).